The zero-order valence-electron chi connectivity index (χ0n) is 11.1. The van der Waals surface area contributed by atoms with Crippen molar-refractivity contribution >= 4 is 0 Å². The second-order valence-electron chi connectivity index (χ2n) is 4.58. The molecule has 94 valence electrons. The summed E-state index contributed by atoms with van der Waals surface area (Å²) in [4.78, 5) is 0. The topological polar surface area (TPSA) is 9.23 Å². The summed E-state index contributed by atoms with van der Waals surface area (Å²) in [7, 11) is 1.72. The molecule has 0 amide bonds. The molecule has 1 heteroatoms. The molecule has 0 saturated heterocycles. The highest BCUT2D eigenvalue weighted by Gasteiger charge is 1.98. The Bertz CT molecular complexity index is 420. The number of benzene rings is 2. The van der Waals surface area contributed by atoms with Crippen molar-refractivity contribution in [3.8, 4) is 11.1 Å². The minimum atomic E-state index is 0.676. The molecule has 0 N–H and O–H groups in total. The molecule has 0 aliphatic heterocycles. The van der Waals surface area contributed by atoms with Crippen molar-refractivity contribution in [3.63, 3.8) is 0 Å². The van der Waals surface area contributed by atoms with E-state index in [9.17, 15) is 0 Å². The van der Waals surface area contributed by atoms with E-state index in [1.165, 1.54) is 28.7 Å². The molecule has 0 spiro atoms. The smallest absolute Gasteiger partial charge is 0.0713 e. The molecular weight excluding hydrogens is 220 g/mol. The van der Waals surface area contributed by atoms with E-state index in [4.69, 9.17) is 4.74 Å². The number of hydrogen-bond acceptors (Lipinski definition) is 1. The predicted octanol–water partition coefficient (Wildman–Crippen LogP) is 4.45. The number of rotatable bonds is 5. The Balaban J connectivity index is 2.15. The van der Waals surface area contributed by atoms with Crippen LogP contribution in [0.15, 0.2) is 48.5 Å². The zero-order chi connectivity index (χ0) is 12.8. The molecule has 0 unspecified atom stereocenters. The molecule has 0 aliphatic carbocycles. The fourth-order valence-corrected chi connectivity index (χ4v) is 2.11. The minimum Gasteiger partial charge on any atom is -0.380 e. The molecule has 0 aliphatic rings. The average Bonchev–Trinajstić information content (AvgIpc) is 2.41. The van der Waals surface area contributed by atoms with Gasteiger partial charge in [-0.05, 0) is 28.7 Å². The van der Waals surface area contributed by atoms with Crippen LogP contribution >= 0.6 is 0 Å². The Labute approximate surface area is 109 Å². The third-order valence-corrected chi connectivity index (χ3v) is 3.09. The molecule has 0 fully saturated rings. The first-order valence-electron chi connectivity index (χ1n) is 6.50. The van der Waals surface area contributed by atoms with Crippen molar-refractivity contribution in [1.29, 1.82) is 0 Å². The van der Waals surface area contributed by atoms with Gasteiger partial charge in [-0.25, -0.2) is 0 Å². The van der Waals surface area contributed by atoms with Gasteiger partial charge in [-0.2, -0.15) is 0 Å². The van der Waals surface area contributed by atoms with E-state index in [1.807, 2.05) is 0 Å². The Morgan fingerprint density at radius 2 is 1.28 bits per heavy atom. The SMILES string of the molecule is CCCc1ccc(-c2ccc(COC)cc2)cc1. The largest absolute Gasteiger partial charge is 0.380 e. The van der Waals surface area contributed by atoms with Crippen molar-refractivity contribution in [2.45, 2.75) is 26.4 Å². The van der Waals surface area contributed by atoms with Crippen LogP contribution in [-0.4, -0.2) is 7.11 Å². The maximum atomic E-state index is 5.12. The molecule has 0 aromatic heterocycles. The average molecular weight is 240 g/mol. The first kappa shape index (κ1) is 12.8. The van der Waals surface area contributed by atoms with Crippen LogP contribution in [0.3, 0.4) is 0 Å². The fourth-order valence-electron chi connectivity index (χ4n) is 2.11. The molecule has 0 heterocycles. The minimum absolute atomic E-state index is 0.676. The monoisotopic (exact) mass is 240 g/mol. The summed E-state index contributed by atoms with van der Waals surface area (Å²) in [6.07, 6.45) is 2.36. The predicted molar refractivity (Wildman–Crippen MR) is 76.6 cm³/mol. The molecule has 18 heavy (non-hydrogen) atoms. The van der Waals surface area contributed by atoms with Gasteiger partial charge in [0.15, 0.2) is 0 Å². The van der Waals surface area contributed by atoms with E-state index in [-0.39, 0.29) is 0 Å². The summed E-state index contributed by atoms with van der Waals surface area (Å²) in [5, 5.41) is 0. The lowest BCUT2D eigenvalue weighted by atomic mass is 10.0. The van der Waals surface area contributed by atoms with E-state index in [2.05, 4.69) is 55.5 Å². The van der Waals surface area contributed by atoms with Gasteiger partial charge in [-0.1, -0.05) is 61.9 Å². The summed E-state index contributed by atoms with van der Waals surface area (Å²) >= 11 is 0. The molecule has 0 atom stereocenters. The van der Waals surface area contributed by atoms with E-state index in [0.717, 1.165) is 6.42 Å². The fraction of sp³-hybridized carbons (Fsp3) is 0.294. The van der Waals surface area contributed by atoms with Crippen molar-refractivity contribution in [2.24, 2.45) is 0 Å². The lowest BCUT2D eigenvalue weighted by Crippen LogP contribution is -1.87. The highest BCUT2D eigenvalue weighted by molar-refractivity contribution is 5.63. The highest BCUT2D eigenvalue weighted by atomic mass is 16.5. The molecule has 2 rings (SSSR count). The van der Waals surface area contributed by atoms with Crippen molar-refractivity contribution in [2.75, 3.05) is 7.11 Å². The summed E-state index contributed by atoms with van der Waals surface area (Å²) in [6.45, 7) is 2.89. The molecular formula is C17H20O. The second-order valence-corrected chi connectivity index (χ2v) is 4.58. The van der Waals surface area contributed by atoms with Gasteiger partial charge >= 0.3 is 0 Å². The summed E-state index contributed by atoms with van der Waals surface area (Å²) in [6, 6.07) is 17.4. The maximum Gasteiger partial charge on any atom is 0.0713 e. The molecule has 0 saturated carbocycles. The van der Waals surface area contributed by atoms with Gasteiger partial charge in [-0.3, -0.25) is 0 Å². The highest BCUT2D eigenvalue weighted by Crippen LogP contribution is 2.21. The van der Waals surface area contributed by atoms with Crippen LogP contribution in [-0.2, 0) is 17.8 Å². The lowest BCUT2D eigenvalue weighted by molar-refractivity contribution is 0.185. The first-order valence-corrected chi connectivity index (χ1v) is 6.50. The quantitative estimate of drug-likeness (QED) is 0.750. The Morgan fingerprint density at radius 1 is 0.778 bits per heavy atom. The van der Waals surface area contributed by atoms with Gasteiger partial charge < -0.3 is 4.74 Å². The second kappa shape index (κ2) is 6.36. The van der Waals surface area contributed by atoms with Crippen LogP contribution < -0.4 is 0 Å². The summed E-state index contributed by atoms with van der Waals surface area (Å²) in [5.74, 6) is 0. The molecule has 2 aromatic rings. The zero-order valence-corrected chi connectivity index (χ0v) is 11.1. The van der Waals surface area contributed by atoms with Crippen LogP contribution in [0.25, 0.3) is 11.1 Å². The van der Waals surface area contributed by atoms with Gasteiger partial charge in [0.2, 0.25) is 0 Å². The van der Waals surface area contributed by atoms with Gasteiger partial charge in [0.1, 0.15) is 0 Å². The standard InChI is InChI=1S/C17H20O/c1-3-4-14-5-9-16(10-6-14)17-11-7-15(8-12-17)13-18-2/h5-12H,3-4,13H2,1-2H3. The number of methoxy groups -OCH3 is 1. The van der Waals surface area contributed by atoms with Crippen molar-refractivity contribution in [3.05, 3.63) is 59.7 Å². The van der Waals surface area contributed by atoms with Crippen molar-refractivity contribution < 1.29 is 4.74 Å². The number of aryl methyl sites for hydroxylation is 1. The van der Waals surface area contributed by atoms with Crippen LogP contribution in [0.2, 0.25) is 0 Å². The van der Waals surface area contributed by atoms with Crippen molar-refractivity contribution in [1.82, 2.24) is 0 Å². The number of ether oxygens (including phenoxy) is 1. The van der Waals surface area contributed by atoms with Crippen LogP contribution in [0.4, 0.5) is 0 Å². The maximum absolute atomic E-state index is 5.12. The Kier molecular flexibility index (Phi) is 4.54. The van der Waals surface area contributed by atoms with Gasteiger partial charge in [0.05, 0.1) is 6.61 Å². The van der Waals surface area contributed by atoms with E-state index in [1.54, 1.807) is 7.11 Å². The number of hydrogen-bond donors (Lipinski definition) is 0. The molecule has 0 bridgehead atoms. The molecule has 1 nitrogen and oxygen atoms in total. The van der Waals surface area contributed by atoms with Crippen LogP contribution in [0, 0.1) is 0 Å². The Hall–Kier alpha value is -1.60. The van der Waals surface area contributed by atoms with Crippen LogP contribution in [0.1, 0.15) is 24.5 Å². The Morgan fingerprint density at radius 3 is 1.72 bits per heavy atom. The lowest BCUT2D eigenvalue weighted by Gasteiger charge is -2.05. The normalized spacial score (nSPS) is 10.6. The summed E-state index contributed by atoms with van der Waals surface area (Å²) < 4.78 is 5.12. The van der Waals surface area contributed by atoms with Gasteiger partial charge in [0.25, 0.3) is 0 Å². The third kappa shape index (κ3) is 3.21. The van der Waals surface area contributed by atoms with Crippen LogP contribution in [0.5, 0.6) is 0 Å². The van der Waals surface area contributed by atoms with Gasteiger partial charge in [-0.15, -0.1) is 0 Å². The third-order valence-electron chi connectivity index (χ3n) is 3.09. The summed E-state index contributed by atoms with van der Waals surface area (Å²) in [5.41, 5.74) is 5.16. The van der Waals surface area contributed by atoms with E-state index in [0.29, 0.717) is 6.61 Å². The van der Waals surface area contributed by atoms with Gasteiger partial charge in [0, 0.05) is 7.11 Å². The van der Waals surface area contributed by atoms with E-state index < -0.39 is 0 Å². The molecule has 0 radical (unpaired) electrons. The van der Waals surface area contributed by atoms with E-state index >= 15 is 0 Å². The molecule has 2 aromatic carbocycles. The first-order chi connectivity index (χ1) is 8.83.